The van der Waals surface area contributed by atoms with E-state index in [-0.39, 0.29) is 45.7 Å². The number of nitrogens with one attached hydrogen (secondary N) is 1. The fourth-order valence-electron chi connectivity index (χ4n) is 6.14. The van der Waals surface area contributed by atoms with Gasteiger partial charge in [0.15, 0.2) is 29.7 Å². The van der Waals surface area contributed by atoms with Gasteiger partial charge in [0.05, 0.1) is 11.6 Å². The van der Waals surface area contributed by atoms with Gasteiger partial charge in [0.2, 0.25) is 0 Å². The van der Waals surface area contributed by atoms with E-state index in [0.29, 0.717) is 72.0 Å². The minimum atomic E-state index is -0.619. The van der Waals surface area contributed by atoms with Crippen LogP contribution in [0.3, 0.4) is 0 Å². The molecular formula is C34H38ClNO6. The maximum Gasteiger partial charge on any atom is 0.262 e. The molecule has 0 saturated carbocycles. The molecule has 1 N–H and O–H groups in total. The van der Waals surface area contributed by atoms with Gasteiger partial charge in [-0.1, -0.05) is 57.0 Å². The number of ketones is 2. The number of allylic oxidation sites excluding steroid dienone is 4. The number of benzene rings is 2. The predicted octanol–water partition coefficient (Wildman–Crippen LogP) is 7.46. The van der Waals surface area contributed by atoms with Crippen molar-refractivity contribution >= 4 is 34.8 Å². The van der Waals surface area contributed by atoms with Crippen molar-refractivity contribution in [2.45, 2.75) is 73.1 Å². The van der Waals surface area contributed by atoms with Crippen molar-refractivity contribution in [2.75, 3.05) is 18.5 Å². The van der Waals surface area contributed by atoms with Crippen molar-refractivity contribution < 1.29 is 28.6 Å². The number of carbonyl (C=O) groups is 3. The Bertz CT molecular complexity index is 1460. The molecular weight excluding hydrogens is 554 g/mol. The molecule has 2 aliphatic carbocycles. The summed E-state index contributed by atoms with van der Waals surface area (Å²) >= 11 is 6.79. The molecule has 0 unspecified atom stereocenters. The molecule has 1 heterocycles. The van der Waals surface area contributed by atoms with Crippen LogP contribution in [0.25, 0.3) is 0 Å². The Balaban J connectivity index is 1.52. The summed E-state index contributed by atoms with van der Waals surface area (Å²) < 4.78 is 18.2. The fourth-order valence-corrected chi connectivity index (χ4v) is 6.41. The smallest absolute Gasteiger partial charge is 0.262 e. The van der Waals surface area contributed by atoms with E-state index in [2.05, 4.69) is 33.0 Å². The number of amides is 1. The van der Waals surface area contributed by atoms with E-state index in [1.54, 1.807) is 12.1 Å². The highest BCUT2D eigenvalue weighted by atomic mass is 35.5. The lowest BCUT2D eigenvalue weighted by Crippen LogP contribution is -2.37. The van der Waals surface area contributed by atoms with Crippen LogP contribution in [0.4, 0.5) is 5.69 Å². The van der Waals surface area contributed by atoms with E-state index in [1.807, 2.05) is 38.1 Å². The minimum absolute atomic E-state index is 0.0300. The van der Waals surface area contributed by atoms with Gasteiger partial charge in [-0.2, -0.15) is 0 Å². The zero-order valence-electron chi connectivity index (χ0n) is 25.1. The van der Waals surface area contributed by atoms with Crippen LogP contribution in [0, 0.1) is 17.8 Å². The summed E-state index contributed by atoms with van der Waals surface area (Å²) in [7, 11) is 0. The number of halogens is 1. The number of Topliss-reactive ketones (excluding diaryl/α,β-unsaturated/α-hetero) is 2. The van der Waals surface area contributed by atoms with E-state index >= 15 is 0 Å². The molecule has 5 rings (SSSR count). The minimum Gasteiger partial charge on any atom is -0.490 e. The van der Waals surface area contributed by atoms with Crippen molar-refractivity contribution in [3.8, 4) is 11.5 Å². The van der Waals surface area contributed by atoms with Gasteiger partial charge < -0.3 is 19.5 Å². The highest BCUT2D eigenvalue weighted by Crippen LogP contribution is 2.54. The zero-order valence-corrected chi connectivity index (χ0v) is 25.9. The first kappa shape index (κ1) is 29.9. The summed E-state index contributed by atoms with van der Waals surface area (Å²) in [5.74, 6) is 0.804. The molecule has 0 atom stereocenters. The maximum absolute atomic E-state index is 13.6. The topological polar surface area (TPSA) is 90.9 Å². The van der Waals surface area contributed by atoms with Gasteiger partial charge in [-0.05, 0) is 54.5 Å². The summed E-state index contributed by atoms with van der Waals surface area (Å²) in [5.41, 5.74) is 2.94. The first-order valence-corrected chi connectivity index (χ1v) is 14.8. The van der Waals surface area contributed by atoms with E-state index in [0.717, 1.165) is 5.56 Å². The second-order valence-electron chi connectivity index (χ2n) is 13.1. The lowest BCUT2D eigenvalue weighted by atomic mass is 9.65. The molecule has 0 aromatic heterocycles. The Kier molecular flexibility index (Phi) is 8.01. The van der Waals surface area contributed by atoms with Gasteiger partial charge in [0.25, 0.3) is 5.91 Å². The van der Waals surface area contributed by atoms with Gasteiger partial charge in [0.1, 0.15) is 11.5 Å². The molecule has 1 amide bonds. The number of rotatable bonds is 7. The van der Waals surface area contributed by atoms with Crippen molar-refractivity contribution in [3.05, 3.63) is 75.2 Å². The monoisotopic (exact) mass is 591 g/mol. The molecule has 0 radical (unpaired) electrons. The third-order valence-electron chi connectivity index (χ3n) is 7.93. The molecule has 0 fully saturated rings. The Morgan fingerprint density at radius 1 is 0.929 bits per heavy atom. The largest absolute Gasteiger partial charge is 0.490 e. The van der Waals surface area contributed by atoms with Crippen molar-refractivity contribution in [3.63, 3.8) is 0 Å². The summed E-state index contributed by atoms with van der Waals surface area (Å²) in [6, 6.07) is 10.9. The maximum atomic E-state index is 13.6. The summed E-state index contributed by atoms with van der Waals surface area (Å²) in [6.07, 6.45) is 1.91. The van der Waals surface area contributed by atoms with E-state index < -0.39 is 5.92 Å². The van der Waals surface area contributed by atoms with Crippen molar-refractivity contribution in [2.24, 2.45) is 10.8 Å². The van der Waals surface area contributed by atoms with Gasteiger partial charge in [-0.25, -0.2) is 0 Å². The van der Waals surface area contributed by atoms with Gasteiger partial charge >= 0.3 is 0 Å². The first-order chi connectivity index (χ1) is 19.8. The quantitative estimate of drug-likeness (QED) is 0.359. The Morgan fingerprint density at radius 3 is 2.05 bits per heavy atom. The van der Waals surface area contributed by atoms with E-state index in [9.17, 15) is 14.4 Å². The van der Waals surface area contributed by atoms with Gasteiger partial charge in [-0.15, -0.1) is 0 Å². The number of aryl methyl sites for hydroxylation is 1. The zero-order chi connectivity index (χ0) is 30.4. The molecule has 2 aromatic carbocycles. The molecule has 42 heavy (non-hydrogen) atoms. The average Bonchev–Trinajstić information content (AvgIpc) is 2.87. The van der Waals surface area contributed by atoms with E-state index in [4.69, 9.17) is 25.8 Å². The molecule has 222 valence electrons. The third kappa shape index (κ3) is 6.12. The van der Waals surface area contributed by atoms with Gasteiger partial charge in [-0.3, -0.25) is 14.4 Å². The highest BCUT2D eigenvalue weighted by molar-refractivity contribution is 6.32. The molecule has 0 bridgehead atoms. The number of anilines is 1. The van der Waals surface area contributed by atoms with Crippen LogP contribution in [0.2, 0.25) is 5.02 Å². The van der Waals surface area contributed by atoms with Crippen LogP contribution < -0.4 is 14.8 Å². The number of hydrogen-bond acceptors (Lipinski definition) is 6. The average molecular weight is 592 g/mol. The van der Waals surface area contributed by atoms with Crippen molar-refractivity contribution in [1.82, 2.24) is 0 Å². The first-order valence-electron chi connectivity index (χ1n) is 14.4. The lowest BCUT2D eigenvalue weighted by Gasteiger charge is -2.42. The second kappa shape index (κ2) is 11.3. The van der Waals surface area contributed by atoms with Crippen LogP contribution in [0.5, 0.6) is 11.5 Å². The predicted molar refractivity (Wildman–Crippen MR) is 162 cm³/mol. The van der Waals surface area contributed by atoms with Gasteiger partial charge in [0, 0.05) is 48.4 Å². The molecule has 1 aliphatic heterocycles. The Labute approximate surface area is 252 Å². The number of hydrogen-bond donors (Lipinski definition) is 1. The molecule has 8 heteroatoms. The molecule has 2 aromatic rings. The molecule has 3 aliphatic rings. The van der Waals surface area contributed by atoms with Crippen LogP contribution >= 0.6 is 11.6 Å². The lowest BCUT2D eigenvalue weighted by molar-refractivity contribution is -0.120. The third-order valence-corrected chi connectivity index (χ3v) is 8.21. The molecule has 0 saturated heterocycles. The van der Waals surface area contributed by atoms with Crippen LogP contribution in [0.1, 0.15) is 77.3 Å². The SMILES string of the molecule is CCOc1cc(C2C3=C(CC(C)(C)CC3=O)OC3=C2C(=O)CC(C)(C)C3)cc(Cl)c1OCC(=O)Nc1ccc(C)cc1. The summed E-state index contributed by atoms with van der Waals surface area (Å²) in [6.45, 7) is 12.1. The Hall–Kier alpha value is -3.58. The highest BCUT2D eigenvalue weighted by Gasteiger charge is 2.48. The number of ether oxygens (including phenoxy) is 3. The van der Waals surface area contributed by atoms with Crippen LogP contribution in [-0.2, 0) is 19.1 Å². The van der Waals surface area contributed by atoms with E-state index in [1.165, 1.54) is 0 Å². The molecule has 0 spiro atoms. The van der Waals surface area contributed by atoms with Crippen LogP contribution in [-0.4, -0.2) is 30.7 Å². The second-order valence-corrected chi connectivity index (χ2v) is 13.5. The van der Waals surface area contributed by atoms with Crippen LogP contribution in [0.15, 0.2) is 59.1 Å². The molecule has 7 nitrogen and oxygen atoms in total. The standard InChI is InChI=1S/C34H38ClNO6/c1-7-40-25-13-20(12-22(35)32(25)41-18-28(39)36-21-10-8-19(2)9-11-21)29-30-23(37)14-33(3,4)16-26(30)42-27-17-34(5,6)15-24(38)31(27)29/h8-13,29H,7,14-18H2,1-6H3,(H,36,39). The van der Waals surface area contributed by atoms with Crippen molar-refractivity contribution in [1.29, 1.82) is 0 Å². The normalized spacial score (nSPS) is 19.6. The number of carbonyl (C=O) groups excluding carboxylic acids is 3. The summed E-state index contributed by atoms with van der Waals surface area (Å²) in [5, 5.41) is 3.03. The fraction of sp³-hybridized carbons (Fsp3) is 0.441. The Morgan fingerprint density at radius 2 is 1.50 bits per heavy atom. The summed E-state index contributed by atoms with van der Waals surface area (Å²) in [4.78, 5) is 39.9.